The highest BCUT2D eigenvalue weighted by Crippen LogP contribution is 2.26. The van der Waals surface area contributed by atoms with E-state index in [1.54, 1.807) is 6.20 Å². The van der Waals surface area contributed by atoms with Crippen LogP contribution in [0.4, 0.5) is 5.82 Å². The third-order valence-electron chi connectivity index (χ3n) is 5.14. The summed E-state index contributed by atoms with van der Waals surface area (Å²) >= 11 is 0. The molecule has 1 saturated heterocycles. The molecule has 6 nitrogen and oxygen atoms in total. The fourth-order valence-electron chi connectivity index (χ4n) is 3.63. The number of piperazine rings is 1. The van der Waals surface area contributed by atoms with Crippen LogP contribution in [0.2, 0.25) is 0 Å². The molecular weight excluding hydrogens is 342 g/mol. The Morgan fingerprint density at radius 3 is 2.41 bits per heavy atom. The van der Waals surface area contributed by atoms with Crippen LogP contribution in [0.3, 0.4) is 0 Å². The molecule has 1 N–H and O–H groups in total. The van der Waals surface area contributed by atoms with Gasteiger partial charge in [-0.25, -0.2) is 9.78 Å². The summed E-state index contributed by atoms with van der Waals surface area (Å²) in [6.45, 7) is 7.87. The van der Waals surface area contributed by atoms with E-state index in [0.717, 1.165) is 50.1 Å². The molecule has 0 spiro atoms. The van der Waals surface area contributed by atoms with E-state index in [1.807, 2.05) is 38.1 Å². The minimum atomic E-state index is -0.907. The maximum atomic E-state index is 11.9. The van der Waals surface area contributed by atoms with Crippen LogP contribution in [0.15, 0.2) is 30.5 Å². The van der Waals surface area contributed by atoms with Gasteiger partial charge in [-0.2, -0.15) is 0 Å². The number of hydrogen-bond donors (Lipinski definition) is 1. The quantitative estimate of drug-likeness (QED) is 0.792. The van der Waals surface area contributed by atoms with Gasteiger partial charge in [0.15, 0.2) is 0 Å². The van der Waals surface area contributed by atoms with Gasteiger partial charge >= 0.3 is 5.97 Å². The zero-order chi connectivity index (χ0) is 19.4. The fraction of sp³-hybridized carbons (Fsp3) is 0.381. The largest absolute Gasteiger partial charge is 0.478 e. The Kier molecular flexibility index (Phi) is 5.86. The molecule has 1 aliphatic heterocycles. The second-order valence-electron chi connectivity index (χ2n) is 6.90. The normalized spacial score (nSPS) is 15.0. The van der Waals surface area contributed by atoms with Crippen molar-refractivity contribution < 1.29 is 14.7 Å². The number of aldehydes is 1. The summed E-state index contributed by atoms with van der Waals surface area (Å²) < 4.78 is 0. The van der Waals surface area contributed by atoms with E-state index >= 15 is 0 Å². The molecule has 27 heavy (non-hydrogen) atoms. The van der Waals surface area contributed by atoms with Crippen molar-refractivity contribution in [3.8, 4) is 0 Å². The molecule has 2 heterocycles. The number of rotatable bonds is 6. The van der Waals surface area contributed by atoms with Crippen molar-refractivity contribution in [2.75, 3.05) is 31.1 Å². The van der Waals surface area contributed by atoms with Crippen LogP contribution >= 0.6 is 0 Å². The first kappa shape index (κ1) is 19.0. The number of hydrogen-bond acceptors (Lipinski definition) is 5. The second-order valence-corrected chi connectivity index (χ2v) is 6.90. The number of carbonyl (C=O) groups is 2. The third-order valence-corrected chi connectivity index (χ3v) is 5.14. The Bertz CT molecular complexity index is 825. The molecule has 0 radical (unpaired) electrons. The monoisotopic (exact) mass is 367 g/mol. The summed E-state index contributed by atoms with van der Waals surface area (Å²) in [6, 6.07) is 7.63. The van der Waals surface area contributed by atoms with Crippen molar-refractivity contribution in [1.29, 1.82) is 0 Å². The maximum absolute atomic E-state index is 11.9. The highest BCUT2D eigenvalue weighted by Gasteiger charge is 2.25. The SMILES string of the molecule is CCc1c(C)cnc(N2CCN(Cc3ccc(C=O)cc3)CC2)c1C(=O)O. The molecule has 0 saturated carbocycles. The summed E-state index contributed by atoms with van der Waals surface area (Å²) in [5.41, 5.74) is 3.99. The Balaban J connectivity index is 1.70. The predicted octanol–water partition coefficient (Wildman–Crippen LogP) is 2.79. The van der Waals surface area contributed by atoms with E-state index in [9.17, 15) is 14.7 Å². The van der Waals surface area contributed by atoms with Gasteiger partial charge in [-0.05, 0) is 30.0 Å². The molecule has 1 aromatic carbocycles. The molecule has 3 rings (SSSR count). The lowest BCUT2D eigenvalue weighted by atomic mass is 10.0. The van der Waals surface area contributed by atoms with Crippen molar-refractivity contribution in [2.45, 2.75) is 26.8 Å². The maximum Gasteiger partial charge on any atom is 0.339 e. The average Bonchev–Trinajstić information content (AvgIpc) is 2.69. The lowest BCUT2D eigenvalue weighted by Crippen LogP contribution is -2.46. The molecule has 0 aliphatic carbocycles. The molecule has 1 fully saturated rings. The smallest absolute Gasteiger partial charge is 0.339 e. The third kappa shape index (κ3) is 4.17. The first-order valence-electron chi connectivity index (χ1n) is 9.26. The van der Waals surface area contributed by atoms with Gasteiger partial charge in [-0.15, -0.1) is 0 Å². The number of pyridine rings is 1. The van der Waals surface area contributed by atoms with E-state index in [0.29, 0.717) is 23.4 Å². The van der Waals surface area contributed by atoms with Gasteiger partial charge in [0, 0.05) is 44.5 Å². The molecule has 1 aliphatic rings. The number of benzene rings is 1. The molecule has 142 valence electrons. The van der Waals surface area contributed by atoms with Crippen LogP contribution in [0.5, 0.6) is 0 Å². The van der Waals surface area contributed by atoms with Gasteiger partial charge in [0.25, 0.3) is 0 Å². The van der Waals surface area contributed by atoms with Crippen LogP contribution < -0.4 is 4.90 Å². The summed E-state index contributed by atoms with van der Waals surface area (Å²) in [5, 5.41) is 9.72. The highest BCUT2D eigenvalue weighted by molar-refractivity contribution is 5.95. The number of carbonyl (C=O) groups excluding carboxylic acids is 1. The topological polar surface area (TPSA) is 73.7 Å². The zero-order valence-electron chi connectivity index (χ0n) is 15.8. The summed E-state index contributed by atoms with van der Waals surface area (Å²) in [4.78, 5) is 31.5. The lowest BCUT2D eigenvalue weighted by molar-refractivity contribution is 0.0695. The van der Waals surface area contributed by atoms with E-state index in [4.69, 9.17) is 0 Å². The number of nitrogens with zero attached hydrogens (tertiary/aromatic N) is 3. The van der Waals surface area contributed by atoms with Gasteiger partial charge < -0.3 is 10.0 Å². The molecule has 6 heteroatoms. The van der Waals surface area contributed by atoms with Crippen molar-refractivity contribution in [1.82, 2.24) is 9.88 Å². The van der Waals surface area contributed by atoms with Crippen LogP contribution in [-0.4, -0.2) is 53.4 Å². The lowest BCUT2D eigenvalue weighted by Gasteiger charge is -2.36. The Morgan fingerprint density at radius 1 is 1.19 bits per heavy atom. The van der Waals surface area contributed by atoms with Crippen LogP contribution in [0.1, 0.15) is 44.3 Å². The fourth-order valence-corrected chi connectivity index (χ4v) is 3.63. The Hall–Kier alpha value is -2.73. The second kappa shape index (κ2) is 8.31. The Labute approximate surface area is 159 Å². The number of anilines is 1. The van der Waals surface area contributed by atoms with Gasteiger partial charge in [-0.3, -0.25) is 9.69 Å². The molecule has 0 atom stereocenters. The van der Waals surface area contributed by atoms with Crippen molar-refractivity contribution >= 4 is 18.1 Å². The van der Waals surface area contributed by atoms with Crippen LogP contribution in [0.25, 0.3) is 0 Å². The van der Waals surface area contributed by atoms with Gasteiger partial charge in [-0.1, -0.05) is 31.2 Å². The summed E-state index contributed by atoms with van der Waals surface area (Å²) in [7, 11) is 0. The average molecular weight is 367 g/mol. The number of carboxylic acids is 1. The number of aryl methyl sites for hydroxylation is 1. The van der Waals surface area contributed by atoms with E-state index in [2.05, 4.69) is 14.8 Å². The minimum absolute atomic E-state index is 0.343. The van der Waals surface area contributed by atoms with E-state index < -0.39 is 5.97 Å². The molecule has 1 aromatic heterocycles. The summed E-state index contributed by atoms with van der Waals surface area (Å²) in [5.74, 6) is -0.323. The predicted molar refractivity (Wildman–Crippen MR) is 105 cm³/mol. The van der Waals surface area contributed by atoms with E-state index in [1.165, 1.54) is 5.56 Å². The highest BCUT2D eigenvalue weighted by atomic mass is 16.4. The first-order chi connectivity index (χ1) is 13.0. The molecule has 0 amide bonds. The van der Waals surface area contributed by atoms with Crippen molar-refractivity contribution in [3.63, 3.8) is 0 Å². The Morgan fingerprint density at radius 2 is 1.85 bits per heavy atom. The van der Waals surface area contributed by atoms with Crippen LogP contribution in [-0.2, 0) is 13.0 Å². The first-order valence-corrected chi connectivity index (χ1v) is 9.26. The number of aromatic carboxylic acids is 1. The number of aromatic nitrogens is 1. The van der Waals surface area contributed by atoms with Gasteiger partial charge in [0.05, 0.1) is 0 Å². The van der Waals surface area contributed by atoms with Crippen molar-refractivity contribution in [2.24, 2.45) is 0 Å². The summed E-state index contributed by atoms with van der Waals surface area (Å²) in [6.07, 6.45) is 3.31. The van der Waals surface area contributed by atoms with Gasteiger partial charge in [0.1, 0.15) is 17.7 Å². The van der Waals surface area contributed by atoms with Crippen LogP contribution in [0, 0.1) is 6.92 Å². The van der Waals surface area contributed by atoms with E-state index in [-0.39, 0.29) is 0 Å². The van der Waals surface area contributed by atoms with Crippen molar-refractivity contribution in [3.05, 3.63) is 58.3 Å². The molecule has 0 bridgehead atoms. The van der Waals surface area contributed by atoms with Gasteiger partial charge in [0.2, 0.25) is 0 Å². The molecule has 2 aromatic rings. The standard InChI is InChI=1S/C21H25N3O3/c1-3-18-15(2)12-22-20(19(18)21(26)27)24-10-8-23(9-11-24)13-16-4-6-17(14-25)7-5-16/h4-7,12,14H,3,8-11,13H2,1-2H3,(H,26,27). The molecule has 0 unspecified atom stereocenters. The number of carboxylic acid groups (broad SMARTS) is 1. The molecular formula is C21H25N3O3. The zero-order valence-corrected chi connectivity index (χ0v) is 15.8. The minimum Gasteiger partial charge on any atom is -0.478 e.